The van der Waals surface area contributed by atoms with E-state index in [1.165, 1.54) is 28.8 Å². The summed E-state index contributed by atoms with van der Waals surface area (Å²) in [5.41, 5.74) is 2.56. The fraction of sp³-hybridized carbons (Fsp3) is 0.143. The van der Waals surface area contributed by atoms with Gasteiger partial charge in [-0.05, 0) is 43.2 Å². The van der Waals surface area contributed by atoms with Gasteiger partial charge in [0, 0.05) is 24.0 Å². The maximum absolute atomic E-state index is 12.7. The van der Waals surface area contributed by atoms with Crippen molar-refractivity contribution < 1.29 is 9.72 Å². The van der Waals surface area contributed by atoms with Crippen LogP contribution in [0.1, 0.15) is 27.0 Å². The molecule has 0 unspecified atom stereocenters. The first-order valence-corrected chi connectivity index (χ1v) is 8.66. The average molecular weight is 377 g/mol. The van der Waals surface area contributed by atoms with Crippen molar-refractivity contribution >= 4 is 17.3 Å². The molecule has 0 saturated heterocycles. The Labute approximate surface area is 161 Å². The van der Waals surface area contributed by atoms with Crippen molar-refractivity contribution in [3.05, 3.63) is 104 Å². The SMILES string of the molecule is Cc1cccc(Cn2cccc(C(=O)Nc3ccc([N+](=O)[O-])cc3C)c2=O)c1. The molecule has 0 aliphatic carbocycles. The summed E-state index contributed by atoms with van der Waals surface area (Å²) in [4.78, 5) is 35.7. The molecule has 3 aromatic rings. The van der Waals surface area contributed by atoms with Crippen LogP contribution in [0.5, 0.6) is 0 Å². The number of nitrogens with zero attached hydrogens (tertiary/aromatic N) is 2. The second-order valence-corrected chi connectivity index (χ2v) is 6.55. The molecule has 0 aliphatic rings. The Balaban J connectivity index is 1.85. The lowest BCUT2D eigenvalue weighted by atomic mass is 10.1. The minimum absolute atomic E-state index is 0.00732. The molecule has 0 fully saturated rings. The molecule has 0 radical (unpaired) electrons. The minimum Gasteiger partial charge on any atom is -0.322 e. The first-order valence-electron chi connectivity index (χ1n) is 8.66. The number of non-ortho nitro benzene ring substituents is 1. The molecular formula is C21H19N3O4. The zero-order valence-corrected chi connectivity index (χ0v) is 15.5. The number of nitro benzene ring substituents is 1. The highest BCUT2D eigenvalue weighted by molar-refractivity contribution is 6.04. The molecule has 142 valence electrons. The Kier molecular flexibility index (Phi) is 5.35. The van der Waals surface area contributed by atoms with E-state index >= 15 is 0 Å². The Morgan fingerprint density at radius 3 is 2.57 bits per heavy atom. The van der Waals surface area contributed by atoms with Crippen molar-refractivity contribution in [1.82, 2.24) is 4.57 Å². The Morgan fingerprint density at radius 1 is 1.11 bits per heavy atom. The van der Waals surface area contributed by atoms with Crippen LogP contribution in [0.2, 0.25) is 0 Å². The lowest BCUT2D eigenvalue weighted by molar-refractivity contribution is -0.384. The van der Waals surface area contributed by atoms with Crippen molar-refractivity contribution in [3.63, 3.8) is 0 Å². The number of carbonyl (C=O) groups is 1. The van der Waals surface area contributed by atoms with Crippen LogP contribution in [0.4, 0.5) is 11.4 Å². The van der Waals surface area contributed by atoms with Crippen LogP contribution in [0.3, 0.4) is 0 Å². The fourth-order valence-corrected chi connectivity index (χ4v) is 2.93. The first kappa shape index (κ1) is 19.0. The molecule has 0 spiro atoms. The van der Waals surface area contributed by atoms with Gasteiger partial charge in [-0.15, -0.1) is 0 Å². The number of hydrogen-bond donors (Lipinski definition) is 1. The monoisotopic (exact) mass is 377 g/mol. The molecule has 0 aliphatic heterocycles. The second-order valence-electron chi connectivity index (χ2n) is 6.55. The number of hydrogen-bond acceptors (Lipinski definition) is 4. The van der Waals surface area contributed by atoms with E-state index in [4.69, 9.17) is 0 Å². The second kappa shape index (κ2) is 7.87. The average Bonchev–Trinajstić information content (AvgIpc) is 2.65. The molecule has 0 saturated carbocycles. The van der Waals surface area contributed by atoms with Gasteiger partial charge in [-0.2, -0.15) is 0 Å². The third-order valence-corrected chi connectivity index (χ3v) is 4.37. The number of pyridine rings is 1. The van der Waals surface area contributed by atoms with E-state index in [1.54, 1.807) is 19.2 Å². The van der Waals surface area contributed by atoms with Gasteiger partial charge in [-0.1, -0.05) is 29.8 Å². The van der Waals surface area contributed by atoms with Gasteiger partial charge in [0.25, 0.3) is 17.2 Å². The number of anilines is 1. The molecule has 0 atom stereocenters. The van der Waals surface area contributed by atoms with Crippen molar-refractivity contribution in [2.45, 2.75) is 20.4 Å². The van der Waals surface area contributed by atoms with E-state index in [0.29, 0.717) is 17.8 Å². The zero-order chi connectivity index (χ0) is 20.3. The number of amides is 1. The number of aryl methyl sites for hydroxylation is 2. The lowest BCUT2D eigenvalue weighted by Gasteiger charge is -2.11. The number of rotatable bonds is 5. The third-order valence-electron chi connectivity index (χ3n) is 4.37. The Hall–Kier alpha value is -3.74. The van der Waals surface area contributed by atoms with Crippen LogP contribution < -0.4 is 10.9 Å². The van der Waals surface area contributed by atoms with E-state index in [-0.39, 0.29) is 11.3 Å². The smallest absolute Gasteiger partial charge is 0.269 e. The number of carbonyl (C=O) groups excluding carboxylic acids is 1. The van der Waals surface area contributed by atoms with Crippen LogP contribution in [-0.4, -0.2) is 15.4 Å². The van der Waals surface area contributed by atoms with Gasteiger partial charge in [-0.25, -0.2) is 0 Å². The van der Waals surface area contributed by atoms with Crippen molar-refractivity contribution in [2.75, 3.05) is 5.32 Å². The fourth-order valence-electron chi connectivity index (χ4n) is 2.93. The van der Waals surface area contributed by atoms with E-state index in [9.17, 15) is 19.7 Å². The summed E-state index contributed by atoms with van der Waals surface area (Å²) in [5, 5.41) is 13.5. The molecule has 3 rings (SSSR count). The summed E-state index contributed by atoms with van der Waals surface area (Å²) in [5.74, 6) is -0.555. The zero-order valence-electron chi connectivity index (χ0n) is 15.5. The number of benzene rings is 2. The molecule has 1 N–H and O–H groups in total. The highest BCUT2D eigenvalue weighted by Crippen LogP contribution is 2.21. The summed E-state index contributed by atoms with van der Waals surface area (Å²) in [6.07, 6.45) is 1.64. The molecule has 7 heteroatoms. The Bertz CT molecular complexity index is 1120. The number of aromatic nitrogens is 1. The van der Waals surface area contributed by atoms with Crippen LogP contribution in [0.15, 0.2) is 65.6 Å². The van der Waals surface area contributed by atoms with Crippen LogP contribution >= 0.6 is 0 Å². The predicted octanol–water partition coefficient (Wildman–Crippen LogP) is 3.67. The highest BCUT2D eigenvalue weighted by atomic mass is 16.6. The van der Waals surface area contributed by atoms with Crippen molar-refractivity contribution in [3.8, 4) is 0 Å². The maximum Gasteiger partial charge on any atom is 0.269 e. The molecule has 1 amide bonds. The van der Waals surface area contributed by atoms with Gasteiger partial charge in [-0.3, -0.25) is 19.7 Å². The number of nitrogens with one attached hydrogen (secondary N) is 1. The normalized spacial score (nSPS) is 10.5. The van der Waals surface area contributed by atoms with Crippen LogP contribution in [0, 0.1) is 24.0 Å². The Morgan fingerprint density at radius 2 is 1.89 bits per heavy atom. The van der Waals surface area contributed by atoms with Crippen LogP contribution in [0.25, 0.3) is 0 Å². The molecule has 0 bridgehead atoms. The summed E-state index contributed by atoms with van der Waals surface area (Å²) >= 11 is 0. The standard InChI is InChI=1S/C21H19N3O4/c1-14-5-3-6-16(11-14)13-23-10-4-7-18(21(23)26)20(25)22-19-9-8-17(24(27)28)12-15(19)2/h3-12H,13H2,1-2H3,(H,22,25). The largest absolute Gasteiger partial charge is 0.322 e. The summed E-state index contributed by atoms with van der Waals surface area (Å²) in [6.45, 7) is 3.99. The van der Waals surface area contributed by atoms with E-state index < -0.39 is 16.4 Å². The van der Waals surface area contributed by atoms with Crippen molar-refractivity contribution in [2.24, 2.45) is 0 Å². The quantitative estimate of drug-likeness (QED) is 0.542. The van der Waals surface area contributed by atoms with E-state index in [1.807, 2.05) is 31.2 Å². The number of nitro groups is 1. The lowest BCUT2D eigenvalue weighted by Crippen LogP contribution is -2.29. The first-order chi connectivity index (χ1) is 13.3. The van der Waals surface area contributed by atoms with Gasteiger partial charge in [0.15, 0.2) is 0 Å². The molecule has 28 heavy (non-hydrogen) atoms. The van der Waals surface area contributed by atoms with Gasteiger partial charge < -0.3 is 9.88 Å². The van der Waals surface area contributed by atoms with Crippen LogP contribution in [-0.2, 0) is 6.54 Å². The molecular weight excluding hydrogens is 358 g/mol. The summed E-state index contributed by atoms with van der Waals surface area (Å²) < 4.78 is 1.48. The molecule has 7 nitrogen and oxygen atoms in total. The van der Waals surface area contributed by atoms with Gasteiger partial charge in [0.1, 0.15) is 5.56 Å². The predicted molar refractivity (Wildman–Crippen MR) is 107 cm³/mol. The molecule has 1 aromatic heterocycles. The third kappa shape index (κ3) is 4.15. The van der Waals surface area contributed by atoms with E-state index in [2.05, 4.69) is 5.32 Å². The topological polar surface area (TPSA) is 94.2 Å². The van der Waals surface area contributed by atoms with Crippen molar-refractivity contribution in [1.29, 1.82) is 0 Å². The highest BCUT2D eigenvalue weighted by Gasteiger charge is 2.15. The van der Waals surface area contributed by atoms with Gasteiger partial charge in [0.2, 0.25) is 0 Å². The van der Waals surface area contributed by atoms with Gasteiger partial charge in [0.05, 0.1) is 11.5 Å². The summed E-state index contributed by atoms with van der Waals surface area (Å²) in [7, 11) is 0. The van der Waals surface area contributed by atoms with Gasteiger partial charge >= 0.3 is 0 Å². The molecule has 2 aromatic carbocycles. The minimum atomic E-state index is -0.555. The maximum atomic E-state index is 12.7. The van der Waals surface area contributed by atoms with E-state index in [0.717, 1.165) is 11.1 Å². The summed E-state index contributed by atoms with van der Waals surface area (Å²) in [6, 6.07) is 15.1. The molecule has 1 heterocycles.